The zero-order valence-electron chi connectivity index (χ0n) is 13.1. The van der Waals surface area contributed by atoms with E-state index in [1.807, 2.05) is 0 Å². The molecule has 1 aliphatic rings. The van der Waals surface area contributed by atoms with E-state index in [1.165, 1.54) is 16.7 Å². The molecule has 0 spiro atoms. The third kappa shape index (κ3) is 3.05. The molecule has 110 valence electrons. The lowest BCUT2D eigenvalue weighted by molar-refractivity contribution is -0.152. The summed E-state index contributed by atoms with van der Waals surface area (Å²) in [5, 5.41) is 9.78. The first-order chi connectivity index (χ1) is 9.24. The Balaban J connectivity index is 2.27. The van der Waals surface area contributed by atoms with Gasteiger partial charge in [0.25, 0.3) is 0 Å². The molecule has 0 atom stereocenters. The number of rotatable bonds is 3. The molecule has 20 heavy (non-hydrogen) atoms. The molecule has 1 aromatic rings. The molecule has 0 radical (unpaired) electrons. The van der Waals surface area contributed by atoms with Gasteiger partial charge in [-0.2, -0.15) is 0 Å². The minimum Gasteiger partial charge on any atom is -0.481 e. The third-order valence-corrected chi connectivity index (χ3v) is 5.05. The number of hydrogen-bond acceptors (Lipinski definition) is 1. The number of aliphatic carboxylic acids is 1. The zero-order valence-corrected chi connectivity index (χ0v) is 13.1. The zero-order chi connectivity index (χ0) is 15.0. The van der Waals surface area contributed by atoms with Crippen molar-refractivity contribution in [3.8, 4) is 0 Å². The Labute approximate surface area is 122 Å². The molecule has 2 nitrogen and oxygen atoms in total. The van der Waals surface area contributed by atoms with Crippen LogP contribution in [0.2, 0.25) is 0 Å². The van der Waals surface area contributed by atoms with Crippen molar-refractivity contribution in [1.29, 1.82) is 0 Å². The van der Waals surface area contributed by atoms with Crippen LogP contribution in [0.3, 0.4) is 0 Å². The number of carboxylic acid groups (broad SMARTS) is 1. The van der Waals surface area contributed by atoms with Gasteiger partial charge < -0.3 is 5.11 Å². The Hall–Kier alpha value is -1.31. The van der Waals surface area contributed by atoms with Crippen LogP contribution >= 0.6 is 0 Å². The topological polar surface area (TPSA) is 37.3 Å². The maximum absolute atomic E-state index is 11.9. The maximum Gasteiger partial charge on any atom is 0.309 e. The predicted molar refractivity (Wildman–Crippen MR) is 81.9 cm³/mol. The molecule has 0 aromatic heterocycles. The second-order valence-corrected chi connectivity index (χ2v) is 7.36. The summed E-state index contributed by atoms with van der Waals surface area (Å²) in [4.78, 5) is 11.9. The molecule has 1 saturated carbocycles. The van der Waals surface area contributed by atoms with E-state index in [4.69, 9.17) is 0 Å². The van der Waals surface area contributed by atoms with Gasteiger partial charge in [-0.25, -0.2) is 0 Å². The summed E-state index contributed by atoms with van der Waals surface area (Å²) >= 11 is 0. The smallest absolute Gasteiger partial charge is 0.309 e. The van der Waals surface area contributed by atoms with Crippen LogP contribution in [0.4, 0.5) is 0 Å². The Morgan fingerprint density at radius 2 is 1.75 bits per heavy atom. The quantitative estimate of drug-likeness (QED) is 0.880. The van der Waals surface area contributed by atoms with Gasteiger partial charge in [0.05, 0.1) is 5.41 Å². The number of benzene rings is 1. The van der Waals surface area contributed by atoms with Crippen LogP contribution in [-0.4, -0.2) is 11.1 Å². The first-order valence-electron chi connectivity index (χ1n) is 7.54. The highest BCUT2D eigenvalue weighted by Crippen LogP contribution is 2.47. The van der Waals surface area contributed by atoms with Crippen molar-refractivity contribution < 1.29 is 9.90 Å². The largest absolute Gasteiger partial charge is 0.481 e. The number of carboxylic acids is 1. The molecule has 1 N–H and O–H groups in total. The molecule has 2 rings (SSSR count). The van der Waals surface area contributed by atoms with Crippen molar-refractivity contribution in [2.45, 2.75) is 59.8 Å². The molecule has 0 amide bonds. The van der Waals surface area contributed by atoms with Crippen LogP contribution in [0.25, 0.3) is 0 Å². The lowest BCUT2D eigenvalue weighted by Gasteiger charge is -2.41. The monoisotopic (exact) mass is 274 g/mol. The van der Waals surface area contributed by atoms with E-state index in [9.17, 15) is 9.90 Å². The number of hydrogen-bond donors (Lipinski definition) is 1. The van der Waals surface area contributed by atoms with Gasteiger partial charge in [0.15, 0.2) is 0 Å². The van der Waals surface area contributed by atoms with E-state index in [0.29, 0.717) is 11.8 Å². The van der Waals surface area contributed by atoms with Crippen molar-refractivity contribution >= 4 is 5.97 Å². The summed E-state index contributed by atoms with van der Waals surface area (Å²) in [7, 11) is 0. The molecule has 0 aliphatic heterocycles. The van der Waals surface area contributed by atoms with Crippen LogP contribution in [0, 0.1) is 24.7 Å². The molecule has 0 heterocycles. The summed E-state index contributed by atoms with van der Waals surface area (Å²) in [5.41, 5.74) is 3.35. The van der Waals surface area contributed by atoms with Gasteiger partial charge >= 0.3 is 5.97 Å². The van der Waals surface area contributed by atoms with Crippen LogP contribution in [0.1, 0.15) is 56.2 Å². The first kappa shape index (κ1) is 15.1. The molecule has 0 bridgehead atoms. The van der Waals surface area contributed by atoms with E-state index in [2.05, 4.69) is 45.9 Å². The maximum atomic E-state index is 11.9. The number of carbonyl (C=O) groups is 1. The summed E-state index contributed by atoms with van der Waals surface area (Å²) in [6.07, 6.45) is 4.27. The summed E-state index contributed by atoms with van der Waals surface area (Å²) in [6.45, 7) is 8.64. The van der Waals surface area contributed by atoms with Crippen molar-refractivity contribution in [3.63, 3.8) is 0 Å². The van der Waals surface area contributed by atoms with E-state index >= 15 is 0 Å². The molecular weight excluding hydrogens is 248 g/mol. The molecule has 0 unspecified atom stereocenters. The minimum atomic E-state index is -0.617. The van der Waals surface area contributed by atoms with Crippen molar-refractivity contribution in [2.24, 2.45) is 10.8 Å². The fraction of sp³-hybridized carbons (Fsp3) is 0.611. The average Bonchev–Trinajstić information content (AvgIpc) is 2.36. The Bertz CT molecular complexity index is 504. The van der Waals surface area contributed by atoms with Gasteiger partial charge in [0, 0.05) is 0 Å². The first-order valence-corrected chi connectivity index (χ1v) is 7.54. The molecule has 1 fully saturated rings. The summed E-state index contributed by atoms with van der Waals surface area (Å²) in [5.74, 6) is -0.617. The second kappa shape index (κ2) is 5.23. The third-order valence-electron chi connectivity index (χ3n) is 5.05. The standard InChI is InChI=1S/C18H26O2/c1-13-5-6-14(2)15(11-13)12-18(16(19)20)9-7-17(3,4)8-10-18/h5-6,11H,7-10,12H2,1-4H3,(H,19,20). The van der Waals surface area contributed by atoms with Gasteiger partial charge in [0.1, 0.15) is 0 Å². The van der Waals surface area contributed by atoms with Gasteiger partial charge in [-0.1, -0.05) is 37.6 Å². The fourth-order valence-corrected chi connectivity index (χ4v) is 3.23. The van der Waals surface area contributed by atoms with Crippen LogP contribution in [0.15, 0.2) is 18.2 Å². The van der Waals surface area contributed by atoms with Crippen molar-refractivity contribution in [1.82, 2.24) is 0 Å². The van der Waals surface area contributed by atoms with Crippen molar-refractivity contribution in [2.75, 3.05) is 0 Å². The number of aryl methyl sites for hydroxylation is 2. The SMILES string of the molecule is Cc1ccc(C)c(CC2(C(=O)O)CCC(C)(C)CC2)c1. The minimum absolute atomic E-state index is 0.292. The Kier molecular flexibility index (Phi) is 3.95. The molecule has 0 saturated heterocycles. The normalized spacial score (nSPS) is 20.6. The highest BCUT2D eigenvalue weighted by molar-refractivity contribution is 5.75. The highest BCUT2D eigenvalue weighted by Gasteiger charge is 2.44. The lowest BCUT2D eigenvalue weighted by Crippen LogP contribution is -2.39. The van der Waals surface area contributed by atoms with Crippen LogP contribution in [0.5, 0.6) is 0 Å². The summed E-state index contributed by atoms with van der Waals surface area (Å²) < 4.78 is 0. The van der Waals surface area contributed by atoms with Gasteiger partial charge in [-0.3, -0.25) is 4.79 Å². The molecule has 1 aromatic carbocycles. The molecular formula is C18H26O2. The van der Waals surface area contributed by atoms with Gasteiger partial charge in [-0.15, -0.1) is 0 Å². The average molecular weight is 274 g/mol. The fourth-order valence-electron chi connectivity index (χ4n) is 3.23. The summed E-state index contributed by atoms with van der Waals surface area (Å²) in [6, 6.07) is 6.35. The highest BCUT2D eigenvalue weighted by atomic mass is 16.4. The van der Waals surface area contributed by atoms with E-state index in [1.54, 1.807) is 0 Å². The van der Waals surface area contributed by atoms with E-state index in [-0.39, 0.29) is 0 Å². The van der Waals surface area contributed by atoms with Gasteiger partial charge in [-0.05, 0) is 62.5 Å². The molecule has 1 aliphatic carbocycles. The second-order valence-electron chi connectivity index (χ2n) is 7.36. The van der Waals surface area contributed by atoms with E-state index < -0.39 is 11.4 Å². The van der Waals surface area contributed by atoms with Crippen LogP contribution in [-0.2, 0) is 11.2 Å². The van der Waals surface area contributed by atoms with Gasteiger partial charge in [0.2, 0.25) is 0 Å². The molecule has 2 heteroatoms. The Morgan fingerprint density at radius 3 is 2.30 bits per heavy atom. The van der Waals surface area contributed by atoms with E-state index in [0.717, 1.165) is 25.7 Å². The van der Waals surface area contributed by atoms with Crippen molar-refractivity contribution in [3.05, 3.63) is 34.9 Å². The predicted octanol–water partition coefficient (Wildman–Crippen LogP) is 4.52. The lowest BCUT2D eigenvalue weighted by atomic mass is 9.63. The van der Waals surface area contributed by atoms with Crippen LogP contribution < -0.4 is 0 Å². The Morgan fingerprint density at radius 1 is 1.15 bits per heavy atom.